The van der Waals surface area contributed by atoms with E-state index in [0.717, 1.165) is 23.7 Å². The van der Waals surface area contributed by atoms with Gasteiger partial charge in [0.1, 0.15) is 0 Å². The number of ether oxygens (including phenoxy) is 1. The van der Waals surface area contributed by atoms with Crippen LogP contribution in [0.3, 0.4) is 0 Å². The van der Waals surface area contributed by atoms with Gasteiger partial charge in [0, 0.05) is 31.8 Å². The second kappa shape index (κ2) is 7.72. The van der Waals surface area contributed by atoms with Gasteiger partial charge in [-0.15, -0.1) is 0 Å². The Bertz CT molecular complexity index is 750. The highest BCUT2D eigenvalue weighted by Gasteiger charge is 2.29. The van der Waals surface area contributed by atoms with Crippen molar-refractivity contribution in [2.24, 2.45) is 0 Å². The van der Waals surface area contributed by atoms with Gasteiger partial charge in [-0.05, 0) is 41.8 Å². The van der Waals surface area contributed by atoms with Gasteiger partial charge in [-0.3, -0.25) is 4.79 Å². The third kappa shape index (κ3) is 4.41. The summed E-state index contributed by atoms with van der Waals surface area (Å²) in [6.07, 6.45) is 0.502. The average molecular weight is 346 g/mol. The Kier molecular flexibility index (Phi) is 5.40. The van der Waals surface area contributed by atoms with E-state index in [1.54, 1.807) is 6.07 Å². The molecule has 0 unspecified atom stereocenters. The predicted octanol–water partition coefficient (Wildman–Crippen LogP) is 3.54. The molecule has 0 bridgehead atoms. The largest absolute Gasteiger partial charge is 0.372 e. The predicted molar refractivity (Wildman–Crippen MR) is 91.0 cm³/mol. The molecule has 25 heavy (non-hydrogen) atoms. The topological polar surface area (TPSA) is 50.4 Å². The molecule has 0 aliphatic carbocycles. The first-order valence-corrected chi connectivity index (χ1v) is 8.19. The van der Waals surface area contributed by atoms with E-state index in [-0.39, 0.29) is 18.1 Å². The van der Waals surface area contributed by atoms with E-state index >= 15 is 0 Å². The highest BCUT2D eigenvalue weighted by molar-refractivity contribution is 5.88. The second-order valence-corrected chi connectivity index (χ2v) is 6.12. The van der Waals surface area contributed by atoms with Crippen molar-refractivity contribution in [3.8, 4) is 0 Å². The van der Waals surface area contributed by atoms with Gasteiger partial charge in [-0.1, -0.05) is 18.2 Å². The molecule has 2 aromatic carbocycles. The molecule has 132 valence electrons. The maximum Gasteiger partial charge on any atom is 0.221 e. The second-order valence-electron chi connectivity index (χ2n) is 6.12. The fraction of sp³-hybridized carbons (Fsp3) is 0.316. The van der Waals surface area contributed by atoms with Gasteiger partial charge in [0.2, 0.25) is 5.91 Å². The van der Waals surface area contributed by atoms with E-state index in [4.69, 9.17) is 4.74 Å². The Balaban J connectivity index is 1.61. The third-order valence-corrected chi connectivity index (χ3v) is 4.21. The zero-order chi connectivity index (χ0) is 17.8. The molecule has 2 N–H and O–H groups in total. The van der Waals surface area contributed by atoms with Crippen LogP contribution in [0.5, 0.6) is 0 Å². The van der Waals surface area contributed by atoms with Gasteiger partial charge < -0.3 is 15.4 Å². The summed E-state index contributed by atoms with van der Waals surface area (Å²) in [6.45, 7) is 2.66. The van der Waals surface area contributed by atoms with Gasteiger partial charge in [0.05, 0.1) is 6.10 Å². The summed E-state index contributed by atoms with van der Waals surface area (Å²) < 4.78 is 32.3. The number of benzene rings is 2. The maximum atomic E-state index is 13.5. The molecule has 1 amide bonds. The van der Waals surface area contributed by atoms with Crippen molar-refractivity contribution in [2.75, 3.05) is 11.9 Å². The number of halogens is 2. The Labute approximate surface area is 145 Å². The molecular weight excluding hydrogens is 326 g/mol. The number of amides is 1. The molecule has 2 aromatic rings. The molecule has 0 spiro atoms. The van der Waals surface area contributed by atoms with Crippen molar-refractivity contribution in [1.29, 1.82) is 0 Å². The molecular formula is C19H20F2N2O2. The van der Waals surface area contributed by atoms with E-state index in [9.17, 15) is 13.6 Å². The first kappa shape index (κ1) is 17.5. The molecule has 0 saturated carbocycles. The molecule has 1 aliphatic heterocycles. The lowest BCUT2D eigenvalue weighted by molar-refractivity contribution is -0.114. The van der Waals surface area contributed by atoms with Crippen LogP contribution in [0.1, 0.15) is 30.6 Å². The monoisotopic (exact) mass is 346 g/mol. The number of carbonyl (C=O) groups excluding carboxylic acids is 1. The minimum atomic E-state index is -0.861. The van der Waals surface area contributed by atoms with Crippen molar-refractivity contribution in [1.82, 2.24) is 5.32 Å². The van der Waals surface area contributed by atoms with Crippen molar-refractivity contribution in [3.63, 3.8) is 0 Å². The normalized spacial score (nSPS) is 19.8. The lowest BCUT2D eigenvalue weighted by Crippen LogP contribution is -2.31. The van der Waals surface area contributed by atoms with Crippen LogP contribution in [-0.2, 0) is 16.1 Å². The van der Waals surface area contributed by atoms with Crippen molar-refractivity contribution in [3.05, 3.63) is 65.2 Å². The number of carbonyl (C=O) groups is 1. The minimum absolute atomic E-state index is 0.0277. The average Bonchev–Trinajstić information content (AvgIpc) is 3.05. The van der Waals surface area contributed by atoms with E-state index in [0.29, 0.717) is 18.7 Å². The third-order valence-electron chi connectivity index (χ3n) is 4.21. The van der Waals surface area contributed by atoms with Crippen LogP contribution in [0.25, 0.3) is 0 Å². The Morgan fingerprint density at radius 2 is 1.92 bits per heavy atom. The smallest absolute Gasteiger partial charge is 0.221 e. The number of nitrogens with one attached hydrogen (secondary N) is 2. The molecule has 1 heterocycles. The zero-order valence-corrected chi connectivity index (χ0v) is 13.9. The summed E-state index contributed by atoms with van der Waals surface area (Å²) in [5.41, 5.74) is 2.44. The highest BCUT2D eigenvalue weighted by Crippen LogP contribution is 2.30. The van der Waals surface area contributed by atoms with Crippen LogP contribution in [0, 0.1) is 11.6 Å². The summed E-state index contributed by atoms with van der Waals surface area (Å²) in [4.78, 5) is 11.0. The van der Waals surface area contributed by atoms with Gasteiger partial charge in [0.25, 0.3) is 0 Å². The lowest BCUT2D eigenvalue weighted by Gasteiger charge is -2.20. The van der Waals surface area contributed by atoms with Crippen molar-refractivity contribution < 1.29 is 18.3 Å². The van der Waals surface area contributed by atoms with Gasteiger partial charge in [0.15, 0.2) is 11.6 Å². The fourth-order valence-corrected chi connectivity index (χ4v) is 2.97. The van der Waals surface area contributed by atoms with E-state index in [2.05, 4.69) is 10.6 Å². The molecule has 0 aromatic heterocycles. The Hall–Kier alpha value is -2.31. The molecule has 4 nitrogen and oxygen atoms in total. The number of hydrogen-bond donors (Lipinski definition) is 2. The maximum absolute atomic E-state index is 13.5. The summed E-state index contributed by atoms with van der Waals surface area (Å²) >= 11 is 0. The van der Waals surface area contributed by atoms with E-state index in [1.165, 1.54) is 13.0 Å². The summed E-state index contributed by atoms with van der Waals surface area (Å²) in [5.74, 6) is -1.82. The summed E-state index contributed by atoms with van der Waals surface area (Å²) in [6, 6.07) is 11.5. The van der Waals surface area contributed by atoms with Crippen LogP contribution in [0.4, 0.5) is 14.5 Å². The summed E-state index contributed by atoms with van der Waals surface area (Å²) in [7, 11) is 0. The molecule has 2 atom stereocenters. The van der Waals surface area contributed by atoms with Gasteiger partial charge >= 0.3 is 0 Å². The van der Waals surface area contributed by atoms with Crippen LogP contribution in [0.15, 0.2) is 42.5 Å². The van der Waals surface area contributed by atoms with Gasteiger partial charge in [-0.25, -0.2) is 8.78 Å². The highest BCUT2D eigenvalue weighted by atomic mass is 19.2. The van der Waals surface area contributed by atoms with Crippen molar-refractivity contribution >= 4 is 11.6 Å². The molecule has 1 saturated heterocycles. The minimum Gasteiger partial charge on any atom is -0.372 e. The summed E-state index contributed by atoms with van der Waals surface area (Å²) in [5, 5.41) is 6.13. The number of hydrogen-bond acceptors (Lipinski definition) is 3. The Morgan fingerprint density at radius 3 is 2.60 bits per heavy atom. The Morgan fingerprint density at radius 1 is 1.16 bits per heavy atom. The fourth-order valence-electron chi connectivity index (χ4n) is 2.97. The lowest BCUT2D eigenvalue weighted by atomic mass is 10.0. The molecule has 6 heteroatoms. The van der Waals surface area contributed by atoms with Crippen molar-refractivity contribution in [2.45, 2.75) is 32.0 Å². The zero-order valence-electron chi connectivity index (χ0n) is 13.9. The van der Waals surface area contributed by atoms with Gasteiger partial charge in [-0.2, -0.15) is 0 Å². The van der Waals surface area contributed by atoms with Crippen LogP contribution >= 0.6 is 0 Å². The molecule has 0 radical (unpaired) electrons. The molecule has 3 rings (SSSR count). The van der Waals surface area contributed by atoms with Crippen LogP contribution in [-0.4, -0.2) is 18.6 Å². The standard InChI is InChI=1S/C19H20F2N2O2/c1-12(24)23-15-5-2-13(3-6-15)11-22-18-8-9-25-19(18)14-4-7-16(20)17(21)10-14/h2-7,10,18-19,22H,8-9,11H2,1H3,(H,23,24)/t18-,19-/m1/s1. The quantitative estimate of drug-likeness (QED) is 0.871. The van der Waals surface area contributed by atoms with E-state index < -0.39 is 11.6 Å². The number of anilines is 1. The molecule has 1 fully saturated rings. The van der Waals surface area contributed by atoms with Crippen LogP contribution < -0.4 is 10.6 Å². The first-order chi connectivity index (χ1) is 12.0. The SMILES string of the molecule is CC(=O)Nc1ccc(CN[C@@H]2CCO[C@@H]2c2ccc(F)c(F)c2)cc1. The van der Waals surface area contributed by atoms with Crippen LogP contribution in [0.2, 0.25) is 0 Å². The number of rotatable bonds is 5. The molecule has 1 aliphatic rings. The first-order valence-electron chi connectivity index (χ1n) is 8.19. The van der Waals surface area contributed by atoms with E-state index in [1.807, 2.05) is 24.3 Å².